The van der Waals surface area contributed by atoms with Crippen molar-refractivity contribution in [1.29, 1.82) is 0 Å². The third-order valence-electron chi connectivity index (χ3n) is 5.10. The summed E-state index contributed by atoms with van der Waals surface area (Å²) in [6.45, 7) is 5.47. The van der Waals surface area contributed by atoms with Crippen LogP contribution in [-0.2, 0) is 4.79 Å². The molecule has 1 amide bonds. The van der Waals surface area contributed by atoms with Gasteiger partial charge in [-0.15, -0.1) is 0 Å². The number of hydrogen-bond donors (Lipinski definition) is 2. The molecule has 2 aromatic carbocycles. The third kappa shape index (κ3) is 5.53. The fraction of sp³-hybridized carbons (Fsp3) is 0.409. The Balaban J connectivity index is 1.53. The molecule has 5 nitrogen and oxygen atoms in total. The van der Waals surface area contributed by atoms with Gasteiger partial charge < -0.3 is 15.2 Å². The monoisotopic (exact) mass is 386 g/mol. The van der Waals surface area contributed by atoms with E-state index in [4.69, 9.17) is 4.74 Å². The van der Waals surface area contributed by atoms with Crippen LogP contribution < -0.4 is 10.1 Å². The molecule has 1 unspecified atom stereocenters. The van der Waals surface area contributed by atoms with E-state index in [0.29, 0.717) is 18.7 Å². The maximum Gasteiger partial charge on any atom is 0.238 e. The number of piperidine rings is 1. The van der Waals surface area contributed by atoms with Crippen LogP contribution in [0.1, 0.15) is 24.0 Å². The fourth-order valence-corrected chi connectivity index (χ4v) is 3.45. The fourth-order valence-electron chi connectivity index (χ4n) is 3.45. The topological polar surface area (TPSA) is 61.8 Å². The molecule has 0 bridgehead atoms. The molecule has 1 fully saturated rings. The van der Waals surface area contributed by atoms with Gasteiger partial charge in [0.05, 0.1) is 6.54 Å². The minimum absolute atomic E-state index is 0.141. The Morgan fingerprint density at radius 1 is 1.25 bits per heavy atom. The Morgan fingerprint density at radius 3 is 2.82 bits per heavy atom. The summed E-state index contributed by atoms with van der Waals surface area (Å²) in [5, 5.41) is 13.6. The molecule has 0 saturated carbocycles. The number of rotatable bonds is 6. The number of β-amino-alcohol motifs (C(OH)–C–C–N with tert-alkyl or cyclic N) is 1. The summed E-state index contributed by atoms with van der Waals surface area (Å²) in [5.41, 5.74) is 1.76. The average molecular weight is 386 g/mol. The first-order valence-electron chi connectivity index (χ1n) is 9.53. The lowest BCUT2D eigenvalue weighted by atomic mass is 9.93. The Hall–Kier alpha value is -2.44. The summed E-state index contributed by atoms with van der Waals surface area (Å²) in [4.78, 5) is 14.2. The SMILES string of the molecule is Cc1ccc(OCC2(O)CCCN(CC(=O)Nc3cccc(F)c3)C2)cc1C. The molecule has 0 aliphatic carbocycles. The van der Waals surface area contributed by atoms with E-state index in [1.165, 1.54) is 17.7 Å². The molecular formula is C22H27FN2O3. The zero-order chi connectivity index (χ0) is 20.1. The Labute approximate surface area is 165 Å². The molecule has 1 saturated heterocycles. The highest BCUT2D eigenvalue weighted by Gasteiger charge is 2.34. The number of aliphatic hydroxyl groups is 1. The van der Waals surface area contributed by atoms with Crippen molar-refractivity contribution in [2.45, 2.75) is 32.3 Å². The lowest BCUT2D eigenvalue weighted by molar-refractivity contribution is -0.119. The van der Waals surface area contributed by atoms with Gasteiger partial charge in [-0.2, -0.15) is 0 Å². The van der Waals surface area contributed by atoms with Gasteiger partial charge in [-0.25, -0.2) is 4.39 Å². The number of anilines is 1. The second kappa shape index (κ2) is 8.71. The number of benzene rings is 2. The molecular weight excluding hydrogens is 359 g/mol. The number of carbonyl (C=O) groups is 1. The summed E-state index contributed by atoms with van der Waals surface area (Å²) in [6.07, 6.45) is 1.40. The van der Waals surface area contributed by atoms with Crippen molar-refractivity contribution in [1.82, 2.24) is 4.90 Å². The molecule has 0 spiro atoms. The number of likely N-dealkylation sites (tertiary alicyclic amines) is 1. The van der Waals surface area contributed by atoms with Gasteiger partial charge in [-0.1, -0.05) is 12.1 Å². The van der Waals surface area contributed by atoms with Crippen LogP contribution >= 0.6 is 0 Å². The number of nitrogens with zero attached hydrogens (tertiary/aromatic N) is 1. The number of nitrogens with one attached hydrogen (secondary N) is 1. The molecule has 2 aromatic rings. The smallest absolute Gasteiger partial charge is 0.238 e. The van der Waals surface area contributed by atoms with Crippen LogP contribution in [0.4, 0.5) is 10.1 Å². The lowest BCUT2D eigenvalue weighted by Gasteiger charge is -2.38. The highest BCUT2D eigenvalue weighted by atomic mass is 19.1. The van der Waals surface area contributed by atoms with Crippen LogP contribution in [0.25, 0.3) is 0 Å². The Bertz CT molecular complexity index is 842. The molecule has 150 valence electrons. The molecule has 3 rings (SSSR count). The number of halogens is 1. The number of ether oxygens (including phenoxy) is 1. The molecule has 28 heavy (non-hydrogen) atoms. The van der Waals surface area contributed by atoms with Crippen molar-refractivity contribution < 1.29 is 19.0 Å². The maximum absolute atomic E-state index is 13.2. The highest BCUT2D eigenvalue weighted by molar-refractivity contribution is 5.92. The molecule has 0 radical (unpaired) electrons. The zero-order valence-corrected chi connectivity index (χ0v) is 16.4. The van der Waals surface area contributed by atoms with Gasteiger partial charge in [0, 0.05) is 12.2 Å². The third-order valence-corrected chi connectivity index (χ3v) is 5.10. The van der Waals surface area contributed by atoms with Gasteiger partial charge in [-0.3, -0.25) is 9.69 Å². The molecule has 1 aliphatic heterocycles. The van der Waals surface area contributed by atoms with Gasteiger partial charge in [0.1, 0.15) is 23.8 Å². The van der Waals surface area contributed by atoms with Crippen molar-refractivity contribution in [2.24, 2.45) is 0 Å². The van der Waals surface area contributed by atoms with Crippen molar-refractivity contribution in [3.8, 4) is 5.75 Å². The van der Waals surface area contributed by atoms with Crippen molar-refractivity contribution in [3.05, 3.63) is 59.4 Å². The van der Waals surface area contributed by atoms with E-state index in [1.54, 1.807) is 12.1 Å². The predicted molar refractivity (Wildman–Crippen MR) is 107 cm³/mol. The summed E-state index contributed by atoms with van der Waals surface area (Å²) in [5.74, 6) is 0.107. The van der Waals surface area contributed by atoms with E-state index in [-0.39, 0.29) is 19.1 Å². The van der Waals surface area contributed by atoms with Gasteiger partial charge in [-0.05, 0) is 74.7 Å². The predicted octanol–water partition coefficient (Wildman–Crippen LogP) is 3.29. The molecule has 6 heteroatoms. The van der Waals surface area contributed by atoms with Gasteiger partial charge in [0.25, 0.3) is 0 Å². The van der Waals surface area contributed by atoms with Crippen molar-refractivity contribution in [3.63, 3.8) is 0 Å². The second-order valence-corrected chi connectivity index (χ2v) is 7.63. The first kappa shape index (κ1) is 20.3. The van der Waals surface area contributed by atoms with Crippen LogP contribution in [0.5, 0.6) is 5.75 Å². The normalized spacial score (nSPS) is 20.0. The average Bonchev–Trinajstić information content (AvgIpc) is 2.63. The van der Waals surface area contributed by atoms with Crippen LogP contribution in [0, 0.1) is 19.7 Å². The van der Waals surface area contributed by atoms with Crippen LogP contribution in [0.2, 0.25) is 0 Å². The molecule has 2 N–H and O–H groups in total. The molecule has 0 aromatic heterocycles. The van der Waals surface area contributed by atoms with Crippen LogP contribution in [0.3, 0.4) is 0 Å². The second-order valence-electron chi connectivity index (χ2n) is 7.63. The number of amides is 1. The van der Waals surface area contributed by atoms with Gasteiger partial charge in [0.15, 0.2) is 0 Å². The van der Waals surface area contributed by atoms with E-state index >= 15 is 0 Å². The molecule has 1 aliphatic rings. The summed E-state index contributed by atoms with van der Waals surface area (Å²) in [6, 6.07) is 11.7. The lowest BCUT2D eigenvalue weighted by Crippen LogP contribution is -2.53. The molecule has 1 heterocycles. The van der Waals surface area contributed by atoms with Crippen LogP contribution in [0.15, 0.2) is 42.5 Å². The van der Waals surface area contributed by atoms with E-state index in [1.807, 2.05) is 36.9 Å². The largest absolute Gasteiger partial charge is 0.491 e. The van der Waals surface area contributed by atoms with E-state index < -0.39 is 11.4 Å². The summed E-state index contributed by atoms with van der Waals surface area (Å²) < 4.78 is 19.1. The standard InChI is InChI=1S/C22H27FN2O3/c1-16-7-8-20(11-17(16)2)28-15-22(27)9-4-10-25(14-22)13-21(26)24-19-6-3-5-18(23)12-19/h3,5-8,11-12,27H,4,9-10,13-15H2,1-2H3,(H,24,26). The number of carbonyl (C=O) groups excluding carboxylic acids is 1. The van der Waals surface area contributed by atoms with Gasteiger partial charge >= 0.3 is 0 Å². The maximum atomic E-state index is 13.2. The van der Waals surface area contributed by atoms with E-state index in [2.05, 4.69) is 5.32 Å². The quantitative estimate of drug-likeness (QED) is 0.800. The van der Waals surface area contributed by atoms with E-state index in [9.17, 15) is 14.3 Å². The van der Waals surface area contributed by atoms with E-state index in [0.717, 1.165) is 24.3 Å². The van der Waals surface area contributed by atoms with Crippen molar-refractivity contribution >= 4 is 11.6 Å². The Kier molecular flexibility index (Phi) is 6.31. The Morgan fingerprint density at radius 2 is 2.07 bits per heavy atom. The highest BCUT2D eigenvalue weighted by Crippen LogP contribution is 2.24. The minimum Gasteiger partial charge on any atom is -0.491 e. The first-order chi connectivity index (χ1) is 13.3. The number of aryl methyl sites for hydroxylation is 2. The zero-order valence-electron chi connectivity index (χ0n) is 16.4. The van der Waals surface area contributed by atoms with Gasteiger partial charge in [0.2, 0.25) is 5.91 Å². The first-order valence-corrected chi connectivity index (χ1v) is 9.53. The summed E-state index contributed by atoms with van der Waals surface area (Å²) >= 11 is 0. The van der Waals surface area contributed by atoms with Crippen LogP contribution in [-0.4, -0.2) is 47.8 Å². The minimum atomic E-state index is -1.00. The van der Waals surface area contributed by atoms with Crippen molar-refractivity contribution in [2.75, 3.05) is 31.6 Å². The summed E-state index contributed by atoms with van der Waals surface area (Å²) in [7, 11) is 0. The number of hydrogen-bond acceptors (Lipinski definition) is 4. The molecule has 1 atom stereocenters.